The third kappa shape index (κ3) is 5.53. The number of hydrogen-bond donors (Lipinski definition) is 1. The Morgan fingerprint density at radius 3 is 2.55 bits per heavy atom. The molecule has 0 unspecified atom stereocenters. The highest BCUT2D eigenvalue weighted by atomic mass is 32.1. The molecule has 0 spiro atoms. The first-order valence-electron chi connectivity index (χ1n) is 13.1. The summed E-state index contributed by atoms with van der Waals surface area (Å²) in [6.07, 6.45) is -2.16. The minimum Gasteiger partial charge on any atom is -0.347 e. The summed E-state index contributed by atoms with van der Waals surface area (Å²) >= 11 is 2.33. The van der Waals surface area contributed by atoms with Gasteiger partial charge in [0.15, 0.2) is 5.71 Å². The number of likely N-dealkylation sites (tertiary alicyclic amines) is 1. The van der Waals surface area contributed by atoms with E-state index in [2.05, 4.69) is 20.4 Å². The number of benzene rings is 2. The lowest BCUT2D eigenvalue weighted by molar-refractivity contribution is -0.0580. The predicted octanol–water partition coefficient (Wildman–Crippen LogP) is 7.50. The maximum absolute atomic E-state index is 14.5. The molecule has 0 radical (unpaired) electrons. The smallest absolute Gasteiger partial charge is 0.347 e. The van der Waals surface area contributed by atoms with E-state index in [1.807, 2.05) is 30.5 Å². The Morgan fingerprint density at radius 2 is 1.88 bits per heavy atom. The van der Waals surface area contributed by atoms with Gasteiger partial charge in [-0.05, 0) is 68.9 Å². The van der Waals surface area contributed by atoms with Crippen LogP contribution in [0.5, 0.6) is 0 Å². The molecule has 0 amide bonds. The molecule has 1 aliphatic heterocycles. The second kappa shape index (κ2) is 11.3. The Hall–Kier alpha value is -4.12. The van der Waals surface area contributed by atoms with E-state index in [1.54, 1.807) is 10.6 Å². The van der Waals surface area contributed by atoms with Crippen molar-refractivity contribution in [1.29, 1.82) is 5.26 Å². The van der Waals surface area contributed by atoms with Gasteiger partial charge in [0.25, 0.3) is 0 Å². The first-order valence-corrected chi connectivity index (χ1v) is 14.8. The van der Waals surface area contributed by atoms with Gasteiger partial charge >= 0.3 is 6.18 Å². The number of nitrogens with zero attached hydrogens (tertiary/aromatic N) is 6. The number of alkyl halides is 3. The monoisotopic (exact) mass is 609 g/mol. The van der Waals surface area contributed by atoms with Crippen molar-refractivity contribution in [2.75, 3.05) is 18.5 Å². The molecule has 1 N–H and O–H groups in total. The van der Waals surface area contributed by atoms with E-state index >= 15 is 0 Å². The van der Waals surface area contributed by atoms with E-state index in [1.165, 1.54) is 48.2 Å². The number of thiazole rings is 2. The van der Waals surface area contributed by atoms with Gasteiger partial charge in [0, 0.05) is 52.3 Å². The number of hydrogen-bond acceptors (Lipinski definition) is 8. The zero-order valence-electron chi connectivity index (χ0n) is 22.2. The Bertz CT molecular complexity index is 1820. The van der Waals surface area contributed by atoms with Gasteiger partial charge in [0.1, 0.15) is 27.5 Å². The van der Waals surface area contributed by atoms with Gasteiger partial charge < -0.3 is 4.57 Å². The SMILES string of the molecule is CCn1cc(/C(=N/Nc2nc(-c3ccc(F)cc3)c(C#N)s2)C(F)(F)F)c2cc(-c3nc(CN4CCC4)cs3)ccc21. The van der Waals surface area contributed by atoms with Crippen molar-refractivity contribution in [1.82, 2.24) is 19.4 Å². The van der Waals surface area contributed by atoms with E-state index < -0.39 is 17.7 Å². The lowest BCUT2D eigenvalue weighted by atomic mass is 10.1. The minimum atomic E-state index is -4.80. The molecule has 214 valence electrons. The third-order valence-corrected chi connectivity index (χ3v) is 8.79. The molecule has 1 fully saturated rings. The summed E-state index contributed by atoms with van der Waals surface area (Å²) < 4.78 is 58.6. The number of halogens is 4. The average Bonchev–Trinajstić information content (AvgIpc) is 3.67. The summed E-state index contributed by atoms with van der Waals surface area (Å²) in [7, 11) is 0. The van der Waals surface area contributed by atoms with Crippen LogP contribution in [0, 0.1) is 17.1 Å². The largest absolute Gasteiger partial charge is 0.435 e. The van der Waals surface area contributed by atoms with E-state index in [0.29, 0.717) is 23.0 Å². The zero-order valence-corrected chi connectivity index (χ0v) is 23.9. The molecular formula is C29H23F4N7S2. The number of aryl methyl sites for hydroxylation is 1. The number of fused-ring (bicyclic) bond motifs is 1. The molecule has 42 heavy (non-hydrogen) atoms. The van der Waals surface area contributed by atoms with Crippen LogP contribution in [0.25, 0.3) is 32.7 Å². The molecule has 3 aromatic heterocycles. The number of nitriles is 1. The lowest BCUT2D eigenvalue weighted by Gasteiger charge is -2.29. The highest BCUT2D eigenvalue weighted by Crippen LogP contribution is 2.35. The Kier molecular flexibility index (Phi) is 7.53. The molecule has 4 heterocycles. The van der Waals surface area contributed by atoms with Crippen molar-refractivity contribution in [3.05, 3.63) is 76.0 Å². The summed E-state index contributed by atoms with van der Waals surface area (Å²) in [6, 6.07) is 12.8. The number of hydrazone groups is 1. The molecule has 1 aliphatic rings. The first-order chi connectivity index (χ1) is 20.2. The Morgan fingerprint density at radius 1 is 1.12 bits per heavy atom. The van der Waals surface area contributed by atoms with E-state index in [-0.39, 0.29) is 21.3 Å². The van der Waals surface area contributed by atoms with Gasteiger partial charge in [-0.3, -0.25) is 10.3 Å². The van der Waals surface area contributed by atoms with Crippen molar-refractivity contribution >= 4 is 44.4 Å². The Balaban J connectivity index is 1.37. The van der Waals surface area contributed by atoms with Gasteiger partial charge in [0.2, 0.25) is 5.13 Å². The highest BCUT2D eigenvalue weighted by Gasteiger charge is 2.39. The lowest BCUT2D eigenvalue weighted by Crippen LogP contribution is -2.36. The van der Waals surface area contributed by atoms with E-state index in [4.69, 9.17) is 4.98 Å². The van der Waals surface area contributed by atoms with Crippen molar-refractivity contribution in [3.63, 3.8) is 0 Å². The molecule has 0 saturated carbocycles. The van der Waals surface area contributed by atoms with Crippen LogP contribution in [0.1, 0.15) is 29.5 Å². The van der Waals surface area contributed by atoms with Gasteiger partial charge in [0.05, 0.1) is 5.69 Å². The maximum Gasteiger partial charge on any atom is 0.435 e. The van der Waals surface area contributed by atoms with Crippen molar-refractivity contribution < 1.29 is 17.6 Å². The third-order valence-electron chi connectivity index (χ3n) is 6.99. The summed E-state index contributed by atoms with van der Waals surface area (Å²) in [4.78, 5) is 11.5. The van der Waals surface area contributed by atoms with E-state index in [0.717, 1.165) is 47.2 Å². The van der Waals surface area contributed by atoms with Crippen LogP contribution in [-0.4, -0.2) is 44.4 Å². The van der Waals surface area contributed by atoms with Crippen LogP contribution in [-0.2, 0) is 13.1 Å². The number of nitrogens with one attached hydrogen (secondary N) is 1. The van der Waals surface area contributed by atoms with Crippen molar-refractivity contribution in [3.8, 4) is 27.9 Å². The highest BCUT2D eigenvalue weighted by molar-refractivity contribution is 7.16. The fourth-order valence-corrected chi connectivity index (χ4v) is 6.32. The van der Waals surface area contributed by atoms with Crippen molar-refractivity contribution in [2.45, 2.75) is 32.6 Å². The second-order valence-electron chi connectivity index (χ2n) is 9.72. The fraction of sp³-hybridized carbons (Fsp3) is 0.241. The quantitative estimate of drug-likeness (QED) is 0.112. The summed E-state index contributed by atoms with van der Waals surface area (Å²) in [5.41, 5.74) is 4.24. The van der Waals surface area contributed by atoms with Crippen LogP contribution in [0.3, 0.4) is 0 Å². The summed E-state index contributed by atoms with van der Waals surface area (Å²) in [5.74, 6) is -0.457. The maximum atomic E-state index is 14.5. The standard InChI is InChI=1S/C29H23F4N7S2/c1-2-40-15-22(21-12-18(6-9-23(21)40)27-35-20(16-41-27)14-39-10-3-11-39)26(29(31,32)33)37-38-28-36-25(24(13-34)42-28)17-4-7-19(30)8-5-17/h4-9,12,15-16H,2-3,10-11,14H2,1H3,(H,36,38)/b37-26-. The average molecular weight is 610 g/mol. The molecule has 0 atom stereocenters. The van der Waals surface area contributed by atoms with Gasteiger partial charge in [-0.25, -0.2) is 14.4 Å². The van der Waals surface area contributed by atoms with Gasteiger partial charge in [-0.2, -0.15) is 23.5 Å². The molecule has 7 nitrogen and oxygen atoms in total. The predicted molar refractivity (Wildman–Crippen MR) is 157 cm³/mol. The van der Waals surface area contributed by atoms with Crippen LogP contribution in [0.2, 0.25) is 0 Å². The normalized spacial score (nSPS) is 14.2. The molecule has 1 saturated heterocycles. The fourth-order valence-electron chi connectivity index (χ4n) is 4.79. The number of anilines is 1. The van der Waals surface area contributed by atoms with Gasteiger partial charge in [-0.1, -0.05) is 11.3 Å². The molecule has 0 aliphatic carbocycles. The van der Waals surface area contributed by atoms with Crippen LogP contribution < -0.4 is 5.43 Å². The zero-order chi connectivity index (χ0) is 29.4. The topological polar surface area (TPSA) is 82.1 Å². The first kappa shape index (κ1) is 28.0. The van der Waals surface area contributed by atoms with E-state index in [9.17, 15) is 22.8 Å². The molecule has 6 rings (SSSR count). The second-order valence-corrected chi connectivity index (χ2v) is 11.6. The minimum absolute atomic E-state index is 0.00469. The van der Waals surface area contributed by atoms with Crippen molar-refractivity contribution in [2.24, 2.45) is 5.10 Å². The molecule has 0 bridgehead atoms. The number of aromatic nitrogens is 3. The van der Waals surface area contributed by atoms with Crippen LogP contribution in [0.4, 0.5) is 22.7 Å². The van der Waals surface area contributed by atoms with Crippen LogP contribution >= 0.6 is 22.7 Å². The molecular weight excluding hydrogens is 586 g/mol. The Labute approximate surface area is 246 Å². The summed E-state index contributed by atoms with van der Waals surface area (Å²) in [6.45, 7) is 5.18. The number of rotatable bonds is 8. The summed E-state index contributed by atoms with van der Waals surface area (Å²) in [5, 5.41) is 16.5. The van der Waals surface area contributed by atoms with Gasteiger partial charge in [-0.15, -0.1) is 11.3 Å². The molecule has 13 heteroatoms. The molecule has 5 aromatic rings. The molecule has 2 aromatic carbocycles. The van der Waals surface area contributed by atoms with Crippen LogP contribution in [0.15, 0.2) is 59.1 Å².